The van der Waals surface area contributed by atoms with Gasteiger partial charge in [0.1, 0.15) is 11.1 Å². The van der Waals surface area contributed by atoms with Crippen LogP contribution in [0.2, 0.25) is 0 Å². The molecule has 1 aliphatic rings. The second kappa shape index (κ2) is 6.96. The molecule has 23 heavy (non-hydrogen) atoms. The van der Waals surface area contributed by atoms with Crippen molar-refractivity contribution in [1.82, 2.24) is 10.2 Å². The first-order valence-corrected chi connectivity index (χ1v) is 8.22. The van der Waals surface area contributed by atoms with E-state index in [0.717, 1.165) is 31.3 Å². The highest BCUT2D eigenvalue weighted by Gasteiger charge is 2.25. The van der Waals surface area contributed by atoms with Gasteiger partial charge in [0, 0.05) is 18.5 Å². The van der Waals surface area contributed by atoms with E-state index >= 15 is 0 Å². The van der Waals surface area contributed by atoms with E-state index in [-0.39, 0.29) is 11.5 Å². The topological polar surface area (TPSA) is 62.6 Å². The van der Waals surface area contributed by atoms with Crippen molar-refractivity contribution in [2.45, 2.75) is 19.8 Å². The van der Waals surface area contributed by atoms with Crippen molar-refractivity contribution in [2.75, 3.05) is 26.2 Å². The number of likely N-dealkylation sites (tertiary alicyclic amines) is 1. The maximum Gasteiger partial charge on any atom is 0.349 e. The van der Waals surface area contributed by atoms with Gasteiger partial charge < -0.3 is 14.6 Å². The van der Waals surface area contributed by atoms with E-state index in [1.807, 2.05) is 18.2 Å². The molecule has 0 bridgehead atoms. The standard InChI is InChI=1S/C18H22N2O3/c1-2-19-12-13-7-9-20(10-8-13)17(21)15-11-14-5-3-4-6-16(14)23-18(15)22/h3-6,11,13,19H,2,7-10,12H2,1H3. The smallest absolute Gasteiger partial charge is 0.349 e. The maximum atomic E-state index is 12.6. The van der Waals surface area contributed by atoms with Crippen LogP contribution in [0.25, 0.3) is 11.0 Å². The molecule has 122 valence electrons. The highest BCUT2D eigenvalue weighted by atomic mass is 16.4. The van der Waals surface area contributed by atoms with Crippen LogP contribution in [0.15, 0.2) is 39.5 Å². The normalized spacial score (nSPS) is 16.0. The number of fused-ring (bicyclic) bond motifs is 1. The van der Waals surface area contributed by atoms with Crippen molar-refractivity contribution in [3.8, 4) is 0 Å². The van der Waals surface area contributed by atoms with Crippen molar-refractivity contribution in [3.63, 3.8) is 0 Å². The molecule has 1 aromatic carbocycles. The number of hydrogen-bond acceptors (Lipinski definition) is 4. The lowest BCUT2D eigenvalue weighted by Gasteiger charge is -2.31. The van der Waals surface area contributed by atoms with Crippen molar-refractivity contribution >= 4 is 16.9 Å². The molecule has 1 aliphatic heterocycles. The first kappa shape index (κ1) is 15.7. The van der Waals surface area contributed by atoms with Crippen molar-refractivity contribution in [2.24, 2.45) is 5.92 Å². The van der Waals surface area contributed by atoms with E-state index in [4.69, 9.17) is 4.42 Å². The number of benzene rings is 1. The van der Waals surface area contributed by atoms with Gasteiger partial charge in [-0.15, -0.1) is 0 Å². The Kier molecular flexibility index (Phi) is 4.76. The highest BCUT2D eigenvalue weighted by molar-refractivity contribution is 5.96. The monoisotopic (exact) mass is 314 g/mol. The van der Waals surface area contributed by atoms with Gasteiger partial charge in [-0.05, 0) is 44.0 Å². The second-order valence-corrected chi connectivity index (χ2v) is 6.03. The molecule has 1 amide bonds. The molecule has 1 N–H and O–H groups in total. The summed E-state index contributed by atoms with van der Waals surface area (Å²) in [5.74, 6) is 0.387. The SMILES string of the molecule is CCNCC1CCN(C(=O)c2cc3ccccc3oc2=O)CC1. The largest absolute Gasteiger partial charge is 0.422 e. The zero-order chi connectivity index (χ0) is 16.2. The molecule has 0 aliphatic carbocycles. The molecule has 1 saturated heterocycles. The molecular weight excluding hydrogens is 292 g/mol. The fourth-order valence-corrected chi connectivity index (χ4v) is 3.07. The van der Waals surface area contributed by atoms with Gasteiger partial charge in [-0.3, -0.25) is 4.79 Å². The molecule has 5 heteroatoms. The van der Waals surface area contributed by atoms with E-state index in [2.05, 4.69) is 12.2 Å². The van der Waals surface area contributed by atoms with E-state index < -0.39 is 5.63 Å². The Morgan fingerprint density at radius 1 is 1.30 bits per heavy atom. The van der Waals surface area contributed by atoms with Gasteiger partial charge >= 0.3 is 5.63 Å². The Morgan fingerprint density at radius 3 is 2.78 bits per heavy atom. The predicted octanol–water partition coefficient (Wildman–Crippen LogP) is 2.25. The maximum absolute atomic E-state index is 12.6. The Labute approximate surface area is 135 Å². The summed E-state index contributed by atoms with van der Waals surface area (Å²) in [6, 6.07) is 8.90. The Bertz CT molecular complexity index is 745. The number of carbonyl (C=O) groups excluding carboxylic acids is 1. The molecule has 2 aromatic rings. The van der Waals surface area contributed by atoms with Gasteiger partial charge in [0.25, 0.3) is 5.91 Å². The van der Waals surface area contributed by atoms with Crippen LogP contribution in [-0.4, -0.2) is 37.0 Å². The first-order chi connectivity index (χ1) is 11.2. The average molecular weight is 314 g/mol. The molecule has 3 rings (SSSR count). The summed E-state index contributed by atoms with van der Waals surface area (Å²) in [6.07, 6.45) is 1.94. The van der Waals surface area contributed by atoms with Gasteiger partial charge in [-0.1, -0.05) is 25.1 Å². The van der Waals surface area contributed by atoms with Crippen LogP contribution in [-0.2, 0) is 0 Å². The number of piperidine rings is 1. The number of para-hydroxylation sites is 1. The Morgan fingerprint density at radius 2 is 2.04 bits per heavy atom. The number of carbonyl (C=O) groups is 1. The summed E-state index contributed by atoms with van der Waals surface area (Å²) in [4.78, 5) is 26.5. The van der Waals surface area contributed by atoms with Crippen LogP contribution >= 0.6 is 0 Å². The van der Waals surface area contributed by atoms with Gasteiger partial charge in [0.2, 0.25) is 0 Å². The number of hydrogen-bond donors (Lipinski definition) is 1. The van der Waals surface area contributed by atoms with Crippen LogP contribution in [0.4, 0.5) is 0 Å². The average Bonchev–Trinajstić information content (AvgIpc) is 2.59. The van der Waals surface area contributed by atoms with Crippen LogP contribution in [0.5, 0.6) is 0 Å². The lowest BCUT2D eigenvalue weighted by atomic mass is 9.96. The second-order valence-electron chi connectivity index (χ2n) is 6.03. The Balaban J connectivity index is 1.74. The molecule has 5 nitrogen and oxygen atoms in total. The number of nitrogens with zero attached hydrogens (tertiary/aromatic N) is 1. The molecule has 0 unspecified atom stereocenters. The molecule has 1 aromatic heterocycles. The quantitative estimate of drug-likeness (QED) is 0.879. The molecule has 2 heterocycles. The summed E-state index contributed by atoms with van der Waals surface area (Å²) in [5.41, 5.74) is 0.0932. The fourth-order valence-electron chi connectivity index (χ4n) is 3.07. The zero-order valence-electron chi connectivity index (χ0n) is 13.4. The van der Waals surface area contributed by atoms with Gasteiger partial charge in [-0.2, -0.15) is 0 Å². The van der Waals surface area contributed by atoms with Crippen LogP contribution in [0, 0.1) is 5.92 Å². The summed E-state index contributed by atoms with van der Waals surface area (Å²) in [6.45, 7) is 5.45. The molecule has 0 atom stereocenters. The summed E-state index contributed by atoms with van der Waals surface area (Å²) < 4.78 is 5.27. The van der Waals surface area contributed by atoms with Gasteiger partial charge in [-0.25, -0.2) is 4.79 Å². The molecule has 0 spiro atoms. The minimum atomic E-state index is -0.552. The lowest BCUT2D eigenvalue weighted by molar-refractivity contribution is 0.0686. The van der Waals surface area contributed by atoms with Gasteiger partial charge in [0.15, 0.2) is 0 Å². The fraction of sp³-hybridized carbons (Fsp3) is 0.444. The zero-order valence-corrected chi connectivity index (χ0v) is 13.4. The van der Waals surface area contributed by atoms with Crippen LogP contribution < -0.4 is 10.9 Å². The van der Waals surface area contributed by atoms with E-state index in [9.17, 15) is 9.59 Å². The third-order valence-electron chi connectivity index (χ3n) is 4.46. The van der Waals surface area contributed by atoms with Crippen molar-refractivity contribution in [3.05, 3.63) is 46.3 Å². The number of rotatable bonds is 4. The third-order valence-corrected chi connectivity index (χ3v) is 4.46. The van der Waals surface area contributed by atoms with Crippen molar-refractivity contribution < 1.29 is 9.21 Å². The summed E-state index contributed by atoms with van der Waals surface area (Å²) in [7, 11) is 0. The Hall–Kier alpha value is -2.14. The lowest BCUT2D eigenvalue weighted by Crippen LogP contribution is -2.42. The highest BCUT2D eigenvalue weighted by Crippen LogP contribution is 2.19. The predicted molar refractivity (Wildman–Crippen MR) is 89.7 cm³/mol. The van der Waals surface area contributed by atoms with E-state index in [1.54, 1.807) is 17.0 Å². The molecule has 1 fully saturated rings. The molecular formula is C18H22N2O3. The van der Waals surface area contributed by atoms with Gasteiger partial charge in [0.05, 0.1) is 0 Å². The van der Waals surface area contributed by atoms with Crippen LogP contribution in [0.3, 0.4) is 0 Å². The molecule has 0 radical (unpaired) electrons. The summed E-state index contributed by atoms with van der Waals surface area (Å²) >= 11 is 0. The number of amides is 1. The van der Waals surface area contributed by atoms with E-state index in [0.29, 0.717) is 24.6 Å². The third kappa shape index (κ3) is 3.45. The van der Waals surface area contributed by atoms with Crippen molar-refractivity contribution in [1.29, 1.82) is 0 Å². The van der Waals surface area contributed by atoms with Crippen LogP contribution in [0.1, 0.15) is 30.1 Å². The minimum absolute atomic E-state index is 0.133. The molecule has 0 saturated carbocycles. The number of nitrogens with one attached hydrogen (secondary N) is 1. The van der Waals surface area contributed by atoms with E-state index in [1.165, 1.54) is 0 Å². The minimum Gasteiger partial charge on any atom is -0.422 e. The first-order valence-electron chi connectivity index (χ1n) is 8.22. The summed E-state index contributed by atoms with van der Waals surface area (Å²) in [5, 5.41) is 4.13.